The topological polar surface area (TPSA) is 68.7 Å². The maximum absolute atomic E-state index is 6.21. The molecule has 3 heterocycles. The highest BCUT2D eigenvalue weighted by molar-refractivity contribution is 5.40. The molecule has 7 heteroatoms. The van der Waals surface area contributed by atoms with Gasteiger partial charge < -0.3 is 19.5 Å². The van der Waals surface area contributed by atoms with Crippen LogP contribution >= 0.6 is 0 Å². The maximum atomic E-state index is 6.21. The van der Waals surface area contributed by atoms with Crippen molar-refractivity contribution < 1.29 is 14.2 Å². The number of nitrogens with one attached hydrogen (secondary N) is 1. The fraction of sp³-hybridized carbons (Fsp3) is 0.615. The van der Waals surface area contributed by atoms with E-state index in [4.69, 9.17) is 19.2 Å². The van der Waals surface area contributed by atoms with Gasteiger partial charge in [-0.2, -0.15) is 0 Å². The van der Waals surface area contributed by atoms with Crippen LogP contribution in [0.4, 0.5) is 5.95 Å². The molecule has 1 saturated heterocycles. The molecule has 0 saturated carbocycles. The highest BCUT2D eigenvalue weighted by Crippen LogP contribution is 2.45. The third kappa shape index (κ3) is 5.41. The van der Waals surface area contributed by atoms with Crippen molar-refractivity contribution in [3.63, 3.8) is 0 Å². The molecule has 33 heavy (non-hydrogen) atoms. The van der Waals surface area contributed by atoms with E-state index >= 15 is 0 Å². The van der Waals surface area contributed by atoms with E-state index in [-0.39, 0.29) is 5.60 Å². The predicted molar refractivity (Wildman–Crippen MR) is 130 cm³/mol. The molecule has 0 amide bonds. The van der Waals surface area contributed by atoms with Crippen LogP contribution in [0.3, 0.4) is 0 Å². The van der Waals surface area contributed by atoms with Crippen molar-refractivity contribution in [2.45, 2.75) is 78.2 Å². The number of likely N-dealkylation sites (tertiary alicyclic amines) is 1. The molecule has 0 atom stereocenters. The number of benzene rings is 1. The molecule has 180 valence electrons. The Morgan fingerprint density at radius 1 is 1.00 bits per heavy atom. The number of fused-ring (bicyclic) bond motifs is 1. The molecule has 1 fully saturated rings. The van der Waals surface area contributed by atoms with Crippen LogP contribution in [0.25, 0.3) is 0 Å². The van der Waals surface area contributed by atoms with Crippen molar-refractivity contribution in [2.75, 3.05) is 31.6 Å². The number of nitrogens with zero attached hydrogens (tertiary/aromatic N) is 3. The summed E-state index contributed by atoms with van der Waals surface area (Å²) in [6, 6.07) is 6.59. The van der Waals surface area contributed by atoms with Crippen molar-refractivity contribution in [1.29, 1.82) is 0 Å². The molecular weight excluding hydrogens is 416 g/mol. The number of aromatic nitrogens is 2. The largest absolute Gasteiger partial charge is 0.494 e. The van der Waals surface area contributed by atoms with Gasteiger partial charge in [0.15, 0.2) is 0 Å². The van der Waals surface area contributed by atoms with Gasteiger partial charge in [0.05, 0.1) is 24.5 Å². The van der Waals surface area contributed by atoms with Gasteiger partial charge in [0.2, 0.25) is 5.95 Å². The summed E-state index contributed by atoms with van der Waals surface area (Å²) in [5.74, 6) is 2.45. The Bertz CT molecular complexity index is 944. The van der Waals surface area contributed by atoms with Gasteiger partial charge in [0, 0.05) is 43.5 Å². The number of anilines is 1. The molecular formula is C26H38N4O3. The third-order valence-corrected chi connectivity index (χ3v) is 6.41. The van der Waals surface area contributed by atoms with E-state index < -0.39 is 5.60 Å². The number of ether oxygens (including phenoxy) is 3. The summed E-state index contributed by atoms with van der Waals surface area (Å²) in [4.78, 5) is 11.9. The van der Waals surface area contributed by atoms with E-state index in [9.17, 15) is 0 Å². The zero-order valence-corrected chi connectivity index (χ0v) is 20.9. The second-order valence-electron chi connectivity index (χ2n) is 9.95. The molecule has 0 unspecified atom stereocenters. The van der Waals surface area contributed by atoms with E-state index in [2.05, 4.69) is 55.0 Å². The normalized spacial score (nSPS) is 19.8. The Balaban J connectivity index is 1.36. The molecule has 4 rings (SSSR count). The monoisotopic (exact) mass is 454 g/mol. The van der Waals surface area contributed by atoms with E-state index in [1.54, 1.807) is 0 Å². The van der Waals surface area contributed by atoms with Crippen LogP contribution in [0.15, 0.2) is 24.4 Å². The standard InChI is InChI=1S/C26H38N4O3/c1-7-31-20-13-18(14-21(15-20)32-8-2)17-30-11-9-19(10-12-30)28-24-27-16-22-23(29-24)26(5,6)33-25(22,3)4/h13-16,19H,7-12,17H2,1-6H3,(H,27,28,29). The van der Waals surface area contributed by atoms with Gasteiger partial charge in [-0.1, -0.05) is 0 Å². The van der Waals surface area contributed by atoms with Gasteiger partial charge in [-0.3, -0.25) is 4.90 Å². The maximum Gasteiger partial charge on any atom is 0.223 e. The first-order chi connectivity index (χ1) is 15.7. The van der Waals surface area contributed by atoms with E-state index in [1.807, 2.05) is 26.1 Å². The van der Waals surface area contributed by atoms with Crippen molar-refractivity contribution in [1.82, 2.24) is 14.9 Å². The molecule has 0 aliphatic carbocycles. The minimum absolute atomic E-state index is 0.357. The van der Waals surface area contributed by atoms with Gasteiger partial charge in [0.25, 0.3) is 0 Å². The summed E-state index contributed by atoms with van der Waals surface area (Å²) < 4.78 is 17.7. The number of hydrogen-bond acceptors (Lipinski definition) is 7. The van der Waals surface area contributed by atoms with Crippen LogP contribution < -0.4 is 14.8 Å². The predicted octanol–water partition coefficient (Wildman–Crippen LogP) is 4.85. The first-order valence-corrected chi connectivity index (χ1v) is 12.2. The van der Waals surface area contributed by atoms with Gasteiger partial charge in [-0.05, 0) is 72.1 Å². The van der Waals surface area contributed by atoms with Gasteiger partial charge in [-0.15, -0.1) is 0 Å². The third-order valence-electron chi connectivity index (χ3n) is 6.41. The Labute approximate surface area is 197 Å². The lowest BCUT2D eigenvalue weighted by molar-refractivity contribution is -0.106. The summed E-state index contributed by atoms with van der Waals surface area (Å²) >= 11 is 0. The first kappa shape index (κ1) is 23.8. The lowest BCUT2D eigenvalue weighted by Crippen LogP contribution is -2.39. The zero-order valence-electron chi connectivity index (χ0n) is 20.9. The van der Waals surface area contributed by atoms with Crippen molar-refractivity contribution in [3.8, 4) is 11.5 Å². The van der Waals surface area contributed by atoms with Crippen LogP contribution in [-0.4, -0.2) is 47.2 Å². The highest BCUT2D eigenvalue weighted by atomic mass is 16.5. The van der Waals surface area contributed by atoms with Gasteiger partial charge >= 0.3 is 0 Å². The molecule has 0 spiro atoms. The fourth-order valence-electron chi connectivity index (χ4n) is 4.99. The summed E-state index contributed by atoms with van der Waals surface area (Å²) in [6.45, 7) is 16.6. The van der Waals surface area contributed by atoms with Crippen LogP contribution in [0, 0.1) is 0 Å². The molecule has 7 nitrogen and oxygen atoms in total. The van der Waals surface area contributed by atoms with E-state index in [0.717, 1.165) is 55.2 Å². The number of rotatable bonds is 8. The molecule has 0 bridgehead atoms. The second-order valence-corrected chi connectivity index (χ2v) is 9.95. The molecule has 1 aromatic heterocycles. The molecule has 1 aromatic carbocycles. The Morgan fingerprint density at radius 3 is 2.24 bits per heavy atom. The van der Waals surface area contributed by atoms with Crippen molar-refractivity contribution >= 4 is 5.95 Å². The molecule has 1 N–H and O–H groups in total. The lowest BCUT2D eigenvalue weighted by Gasteiger charge is -2.32. The SMILES string of the molecule is CCOc1cc(CN2CCC(Nc3ncc4c(n3)C(C)(C)OC4(C)C)CC2)cc(OCC)c1. The minimum atomic E-state index is -0.405. The quantitative estimate of drug-likeness (QED) is 0.611. The summed E-state index contributed by atoms with van der Waals surface area (Å²) in [5.41, 5.74) is 2.53. The molecule has 2 aliphatic heterocycles. The zero-order chi connectivity index (χ0) is 23.6. The average Bonchev–Trinajstić information content (AvgIpc) is 2.93. The van der Waals surface area contributed by atoms with Crippen molar-refractivity contribution in [3.05, 3.63) is 41.2 Å². The second kappa shape index (κ2) is 9.47. The smallest absolute Gasteiger partial charge is 0.223 e. The van der Waals surface area contributed by atoms with Crippen LogP contribution in [0.2, 0.25) is 0 Å². The van der Waals surface area contributed by atoms with E-state index in [0.29, 0.717) is 25.2 Å². The molecule has 2 aromatic rings. The van der Waals surface area contributed by atoms with Crippen LogP contribution in [-0.2, 0) is 22.5 Å². The van der Waals surface area contributed by atoms with Crippen LogP contribution in [0.5, 0.6) is 11.5 Å². The number of piperidine rings is 1. The Morgan fingerprint density at radius 2 is 1.64 bits per heavy atom. The van der Waals surface area contributed by atoms with E-state index in [1.165, 1.54) is 5.56 Å². The first-order valence-electron chi connectivity index (χ1n) is 12.2. The summed E-state index contributed by atoms with van der Waals surface area (Å²) in [5, 5.41) is 3.57. The van der Waals surface area contributed by atoms with Gasteiger partial charge in [-0.25, -0.2) is 9.97 Å². The average molecular weight is 455 g/mol. The minimum Gasteiger partial charge on any atom is -0.494 e. The highest BCUT2D eigenvalue weighted by Gasteiger charge is 2.45. The van der Waals surface area contributed by atoms with Crippen LogP contribution in [0.1, 0.15) is 71.2 Å². The lowest BCUT2D eigenvalue weighted by atomic mass is 9.97. The van der Waals surface area contributed by atoms with Gasteiger partial charge in [0.1, 0.15) is 17.1 Å². The summed E-state index contributed by atoms with van der Waals surface area (Å²) in [7, 11) is 0. The molecule has 0 radical (unpaired) electrons. The fourth-order valence-corrected chi connectivity index (χ4v) is 4.99. The summed E-state index contributed by atoms with van der Waals surface area (Å²) in [6.07, 6.45) is 4.03. The molecule has 2 aliphatic rings. The number of hydrogen-bond donors (Lipinski definition) is 1. The Hall–Kier alpha value is -2.38. The van der Waals surface area contributed by atoms with Crippen molar-refractivity contribution in [2.24, 2.45) is 0 Å². The Kier molecular flexibility index (Phi) is 6.82.